The van der Waals surface area contributed by atoms with Crippen molar-refractivity contribution < 1.29 is 19.3 Å². The summed E-state index contributed by atoms with van der Waals surface area (Å²) in [6, 6.07) is 8.63. The monoisotopic (exact) mass is 326 g/mol. The molecule has 0 amide bonds. The molecule has 21 heavy (non-hydrogen) atoms. The lowest BCUT2D eigenvalue weighted by atomic mass is 10.2. The van der Waals surface area contributed by atoms with Gasteiger partial charge in [-0.3, -0.25) is 0 Å². The molecule has 0 atom stereocenters. The standard InChI is InChI=1S/C15H12Cl2O4/c16-11-2-1-9(12(17)4-11)7-19-13-5-15-14(20-8-21-15)3-10(13)6-18/h1-5,18H,6-8H2. The van der Waals surface area contributed by atoms with Gasteiger partial charge in [0.2, 0.25) is 6.79 Å². The zero-order valence-corrected chi connectivity index (χ0v) is 12.4. The highest BCUT2D eigenvalue weighted by atomic mass is 35.5. The molecule has 2 aromatic carbocycles. The van der Waals surface area contributed by atoms with Crippen LogP contribution >= 0.6 is 23.2 Å². The van der Waals surface area contributed by atoms with E-state index >= 15 is 0 Å². The smallest absolute Gasteiger partial charge is 0.231 e. The van der Waals surface area contributed by atoms with Crippen LogP contribution in [0, 0.1) is 0 Å². The fourth-order valence-electron chi connectivity index (χ4n) is 2.02. The van der Waals surface area contributed by atoms with Crippen LogP contribution in [0.3, 0.4) is 0 Å². The van der Waals surface area contributed by atoms with Crippen LogP contribution in [0.4, 0.5) is 0 Å². The fraction of sp³-hybridized carbons (Fsp3) is 0.200. The summed E-state index contributed by atoms with van der Waals surface area (Å²) in [7, 11) is 0. The van der Waals surface area contributed by atoms with E-state index < -0.39 is 0 Å². The van der Waals surface area contributed by atoms with Gasteiger partial charge in [0.1, 0.15) is 12.4 Å². The van der Waals surface area contributed by atoms with Crippen LogP contribution in [-0.4, -0.2) is 11.9 Å². The van der Waals surface area contributed by atoms with E-state index in [4.69, 9.17) is 37.4 Å². The number of halogens is 2. The average Bonchev–Trinajstić information content (AvgIpc) is 2.92. The number of fused-ring (bicyclic) bond motifs is 1. The number of ether oxygens (including phenoxy) is 3. The second-order valence-electron chi connectivity index (χ2n) is 4.50. The van der Waals surface area contributed by atoms with Gasteiger partial charge in [-0.25, -0.2) is 0 Å². The summed E-state index contributed by atoms with van der Waals surface area (Å²) in [5.74, 6) is 1.74. The Morgan fingerprint density at radius 3 is 2.52 bits per heavy atom. The molecule has 2 aromatic rings. The minimum Gasteiger partial charge on any atom is -0.488 e. The van der Waals surface area contributed by atoms with E-state index in [1.165, 1.54) is 0 Å². The SMILES string of the molecule is OCc1cc2c(cc1OCc1ccc(Cl)cc1Cl)OCO2. The van der Waals surface area contributed by atoms with E-state index in [-0.39, 0.29) is 20.0 Å². The molecule has 0 spiro atoms. The number of rotatable bonds is 4. The summed E-state index contributed by atoms with van der Waals surface area (Å²) in [6.07, 6.45) is 0. The van der Waals surface area contributed by atoms with Crippen LogP contribution < -0.4 is 14.2 Å². The third-order valence-electron chi connectivity index (χ3n) is 3.12. The van der Waals surface area contributed by atoms with Gasteiger partial charge in [-0.2, -0.15) is 0 Å². The van der Waals surface area contributed by atoms with Gasteiger partial charge >= 0.3 is 0 Å². The highest BCUT2D eigenvalue weighted by Crippen LogP contribution is 2.38. The van der Waals surface area contributed by atoms with Gasteiger partial charge in [-0.1, -0.05) is 29.3 Å². The molecule has 1 heterocycles. The molecule has 0 saturated heterocycles. The molecule has 0 radical (unpaired) electrons. The number of hydrogen-bond acceptors (Lipinski definition) is 4. The molecule has 1 aliphatic heterocycles. The minimum atomic E-state index is -0.152. The maximum atomic E-state index is 9.42. The fourth-order valence-corrected chi connectivity index (χ4v) is 2.48. The first-order valence-electron chi connectivity index (χ1n) is 6.27. The molecule has 3 rings (SSSR count). The van der Waals surface area contributed by atoms with Crippen molar-refractivity contribution in [1.82, 2.24) is 0 Å². The quantitative estimate of drug-likeness (QED) is 0.928. The van der Waals surface area contributed by atoms with Crippen LogP contribution in [0.15, 0.2) is 30.3 Å². The molecule has 1 aliphatic rings. The van der Waals surface area contributed by atoms with E-state index in [1.807, 2.05) is 0 Å². The third-order valence-corrected chi connectivity index (χ3v) is 3.71. The Morgan fingerprint density at radius 2 is 1.81 bits per heavy atom. The predicted octanol–water partition coefficient (Wildman–Crippen LogP) is 3.79. The zero-order chi connectivity index (χ0) is 14.8. The molecule has 1 N–H and O–H groups in total. The Hall–Kier alpha value is -1.62. The first-order valence-corrected chi connectivity index (χ1v) is 7.03. The van der Waals surface area contributed by atoms with Gasteiger partial charge in [-0.15, -0.1) is 0 Å². The van der Waals surface area contributed by atoms with Crippen LogP contribution in [0.25, 0.3) is 0 Å². The highest BCUT2D eigenvalue weighted by Gasteiger charge is 2.18. The lowest BCUT2D eigenvalue weighted by Crippen LogP contribution is -1.99. The minimum absolute atomic E-state index is 0.152. The normalized spacial score (nSPS) is 12.5. The zero-order valence-electron chi connectivity index (χ0n) is 10.9. The summed E-state index contributed by atoms with van der Waals surface area (Å²) in [5.41, 5.74) is 1.44. The third kappa shape index (κ3) is 3.02. The summed E-state index contributed by atoms with van der Waals surface area (Å²) in [6.45, 7) is 0.287. The number of benzene rings is 2. The Labute approximate surface area is 131 Å². The second kappa shape index (κ2) is 6.02. The molecule has 0 aliphatic carbocycles. The van der Waals surface area contributed by atoms with Crippen LogP contribution in [0.1, 0.15) is 11.1 Å². The van der Waals surface area contributed by atoms with Gasteiger partial charge in [0, 0.05) is 27.2 Å². The lowest BCUT2D eigenvalue weighted by Gasteiger charge is -2.12. The number of hydrogen-bond donors (Lipinski definition) is 1. The molecular weight excluding hydrogens is 315 g/mol. The summed E-state index contributed by atoms with van der Waals surface area (Å²) < 4.78 is 16.3. The molecule has 0 bridgehead atoms. The Morgan fingerprint density at radius 1 is 1.05 bits per heavy atom. The lowest BCUT2D eigenvalue weighted by molar-refractivity contribution is 0.173. The van der Waals surface area contributed by atoms with Crippen molar-refractivity contribution in [1.29, 1.82) is 0 Å². The van der Waals surface area contributed by atoms with Crippen molar-refractivity contribution >= 4 is 23.2 Å². The van der Waals surface area contributed by atoms with Crippen molar-refractivity contribution in [2.75, 3.05) is 6.79 Å². The van der Waals surface area contributed by atoms with Gasteiger partial charge < -0.3 is 19.3 Å². The maximum Gasteiger partial charge on any atom is 0.231 e. The highest BCUT2D eigenvalue weighted by molar-refractivity contribution is 6.35. The molecular formula is C15H12Cl2O4. The predicted molar refractivity (Wildman–Crippen MR) is 79.3 cm³/mol. The largest absolute Gasteiger partial charge is 0.488 e. The van der Waals surface area contributed by atoms with Gasteiger partial charge in [0.25, 0.3) is 0 Å². The first-order chi connectivity index (χ1) is 10.2. The van der Waals surface area contributed by atoms with E-state index in [9.17, 15) is 5.11 Å². The van der Waals surface area contributed by atoms with Crippen molar-refractivity contribution in [3.8, 4) is 17.2 Å². The Kier molecular flexibility index (Phi) is 4.10. The van der Waals surface area contributed by atoms with Crippen LogP contribution in [0.2, 0.25) is 10.0 Å². The van der Waals surface area contributed by atoms with E-state index in [0.29, 0.717) is 32.9 Å². The van der Waals surface area contributed by atoms with Crippen molar-refractivity contribution in [3.63, 3.8) is 0 Å². The van der Waals surface area contributed by atoms with Crippen molar-refractivity contribution in [3.05, 3.63) is 51.5 Å². The maximum absolute atomic E-state index is 9.42. The summed E-state index contributed by atoms with van der Waals surface area (Å²) in [5, 5.41) is 10.5. The molecule has 0 fully saturated rings. The first kappa shape index (κ1) is 14.3. The van der Waals surface area contributed by atoms with E-state index in [2.05, 4.69) is 0 Å². The molecule has 4 nitrogen and oxygen atoms in total. The Balaban J connectivity index is 1.81. The topological polar surface area (TPSA) is 47.9 Å². The number of aliphatic hydroxyl groups is 1. The van der Waals surface area contributed by atoms with Crippen LogP contribution in [0.5, 0.6) is 17.2 Å². The van der Waals surface area contributed by atoms with Gasteiger partial charge in [-0.05, 0) is 18.2 Å². The summed E-state index contributed by atoms with van der Waals surface area (Å²) >= 11 is 12.0. The molecule has 0 unspecified atom stereocenters. The van der Waals surface area contributed by atoms with Gasteiger partial charge in [0.15, 0.2) is 11.5 Å². The molecule has 0 aromatic heterocycles. The molecule has 0 saturated carbocycles. The average molecular weight is 327 g/mol. The number of aliphatic hydroxyl groups excluding tert-OH is 1. The van der Waals surface area contributed by atoms with Gasteiger partial charge in [0.05, 0.1) is 6.61 Å². The van der Waals surface area contributed by atoms with E-state index in [0.717, 1.165) is 5.56 Å². The Bertz CT molecular complexity index is 673. The summed E-state index contributed by atoms with van der Waals surface area (Å²) in [4.78, 5) is 0. The molecule has 110 valence electrons. The molecule has 6 heteroatoms. The second-order valence-corrected chi connectivity index (χ2v) is 5.34. The van der Waals surface area contributed by atoms with Crippen molar-refractivity contribution in [2.24, 2.45) is 0 Å². The van der Waals surface area contributed by atoms with E-state index in [1.54, 1.807) is 30.3 Å². The van der Waals surface area contributed by atoms with Crippen molar-refractivity contribution in [2.45, 2.75) is 13.2 Å². The van der Waals surface area contributed by atoms with Crippen LogP contribution in [-0.2, 0) is 13.2 Å².